The van der Waals surface area contributed by atoms with Crippen LogP contribution in [0.1, 0.15) is 47.5 Å². The Morgan fingerprint density at radius 1 is 1.18 bits per heavy atom. The Kier molecular flexibility index (Phi) is 1.73. The first-order valence-corrected chi connectivity index (χ1v) is 7.92. The molecular weight excluding hydrogens is 236 g/mol. The lowest BCUT2D eigenvalue weighted by Crippen LogP contribution is -2.43. The minimum Gasteiger partial charge on any atom is -0.285 e. The van der Waals surface area contributed by atoms with Crippen LogP contribution in [0.2, 0.25) is 0 Å². The molecule has 2 bridgehead atoms. The van der Waals surface area contributed by atoms with Gasteiger partial charge >= 0.3 is 0 Å². The van der Waals surface area contributed by atoms with Crippen molar-refractivity contribution in [2.45, 2.75) is 52.7 Å². The van der Waals surface area contributed by atoms with Crippen LogP contribution in [-0.2, 0) is 10.1 Å². The Hall–Kier alpha value is -0.0900. The van der Waals surface area contributed by atoms with Gasteiger partial charge in [-0.05, 0) is 40.4 Å². The van der Waals surface area contributed by atoms with Crippen molar-refractivity contribution in [2.75, 3.05) is 0 Å². The number of hydrogen-bond acceptors (Lipinski definition) is 2. The highest BCUT2D eigenvalue weighted by Crippen LogP contribution is 2.93. The largest absolute Gasteiger partial charge is 0.285 e. The summed E-state index contributed by atoms with van der Waals surface area (Å²) in [6.45, 7) is 11.2. The van der Waals surface area contributed by atoms with E-state index in [1.54, 1.807) is 0 Å². The van der Waals surface area contributed by atoms with Crippen LogP contribution in [0.25, 0.3) is 0 Å². The lowest BCUT2D eigenvalue weighted by Gasteiger charge is -2.47. The summed E-state index contributed by atoms with van der Waals surface area (Å²) in [5.74, 6) is 0.377. The maximum absolute atomic E-state index is 11.7. The molecule has 5 atom stereocenters. The van der Waals surface area contributed by atoms with Gasteiger partial charge in [-0.2, -0.15) is 8.42 Å². The van der Waals surface area contributed by atoms with Crippen molar-refractivity contribution in [1.29, 1.82) is 0 Å². The molecule has 0 aliphatic heterocycles. The smallest absolute Gasteiger partial charge is 0.268 e. The minimum absolute atomic E-state index is 0.0282. The van der Waals surface area contributed by atoms with Crippen LogP contribution in [0.15, 0.2) is 0 Å². The molecule has 0 aromatic carbocycles. The zero-order valence-corrected chi connectivity index (χ0v) is 12.1. The minimum atomic E-state index is -3.91. The van der Waals surface area contributed by atoms with E-state index in [0.29, 0.717) is 12.3 Å². The van der Waals surface area contributed by atoms with E-state index < -0.39 is 15.4 Å². The van der Waals surface area contributed by atoms with Gasteiger partial charge in [-0.3, -0.25) is 4.55 Å². The van der Waals surface area contributed by atoms with Crippen molar-refractivity contribution in [1.82, 2.24) is 0 Å². The second kappa shape index (κ2) is 2.46. The molecule has 98 valence electrons. The average molecular weight is 258 g/mol. The molecule has 4 heteroatoms. The highest BCUT2D eigenvalue weighted by Gasteiger charge is 2.90. The Bertz CT molecular complexity index is 509. The van der Waals surface area contributed by atoms with Gasteiger partial charge < -0.3 is 0 Å². The Morgan fingerprint density at radius 3 is 2.06 bits per heavy atom. The molecular formula is C13H22O3S. The molecule has 17 heavy (non-hydrogen) atoms. The Balaban J connectivity index is 2.22. The number of hydrogen-bond donors (Lipinski definition) is 1. The van der Waals surface area contributed by atoms with E-state index in [-0.39, 0.29) is 21.7 Å². The van der Waals surface area contributed by atoms with Gasteiger partial charge in [0.1, 0.15) is 0 Å². The molecule has 1 N–H and O–H groups in total. The third-order valence-electron chi connectivity index (χ3n) is 7.63. The summed E-state index contributed by atoms with van der Waals surface area (Å²) in [5.41, 5.74) is 0.0901. The molecule has 0 radical (unpaired) electrons. The molecule has 5 unspecified atom stereocenters. The fourth-order valence-corrected chi connectivity index (χ4v) is 7.47. The van der Waals surface area contributed by atoms with E-state index in [0.717, 1.165) is 6.42 Å². The maximum atomic E-state index is 11.7. The maximum Gasteiger partial charge on any atom is 0.268 e. The number of fused-ring (bicyclic) bond motifs is 1. The SMILES string of the molecule is CC1C2(C)CC(S(=O)(=O)O)C13CC3(C)C2(C)C. The molecule has 1 spiro atoms. The molecule has 3 aliphatic carbocycles. The second-order valence-corrected chi connectivity index (χ2v) is 9.12. The second-order valence-electron chi connectivity index (χ2n) is 7.52. The zero-order valence-electron chi connectivity index (χ0n) is 11.2. The van der Waals surface area contributed by atoms with Gasteiger partial charge in [0.05, 0.1) is 5.25 Å². The van der Waals surface area contributed by atoms with Crippen molar-refractivity contribution in [3.05, 3.63) is 0 Å². The standard InChI is InChI=1S/C13H22O3S/c1-8-11(4)6-9(17(14,15)16)13(8)7-12(13,5)10(11,2)3/h8-9H,6-7H2,1-5H3,(H,14,15,16). The van der Waals surface area contributed by atoms with Crippen molar-refractivity contribution in [2.24, 2.45) is 27.6 Å². The quantitative estimate of drug-likeness (QED) is 0.736. The molecule has 3 fully saturated rings. The van der Waals surface area contributed by atoms with Crippen LogP contribution >= 0.6 is 0 Å². The van der Waals surface area contributed by atoms with Crippen molar-refractivity contribution < 1.29 is 13.0 Å². The summed E-state index contributed by atoms with van der Waals surface area (Å²) in [7, 11) is -3.91. The van der Waals surface area contributed by atoms with E-state index in [1.807, 2.05) is 0 Å². The highest BCUT2D eigenvalue weighted by molar-refractivity contribution is 7.86. The zero-order chi connectivity index (χ0) is 13.1. The van der Waals surface area contributed by atoms with Crippen LogP contribution in [0.3, 0.4) is 0 Å². The van der Waals surface area contributed by atoms with E-state index >= 15 is 0 Å². The van der Waals surface area contributed by atoms with Crippen LogP contribution in [-0.4, -0.2) is 18.2 Å². The van der Waals surface area contributed by atoms with Crippen LogP contribution < -0.4 is 0 Å². The molecule has 0 heterocycles. The molecule has 3 rings (SSSR count). The first kappa shape index (κ1) is 12.0. The fraction of sp³-hybridized carbons (Fsp3) is 1.00. The summed E-state index contributed by atoms with van der Waals surface area (Å²) in [6.07, 6.45) is 1.57. The average Bonchev–Trinajstić information content (AvgIpc) is 2.70. The monoisotopic (exact) mass is 258 g/mol. The molecule has 0 aromatic rings. The van der Waals surface area contributed by atoms with E-state index in [2.05, 4.69) is 34.6 Å². The fourth-order valence-electron chi connectivity index (χ4n) is 5.83. The van der Waals surface area contributed by atoms with Gasteiger partial charge in [-0.1, -0.05) is 34.6 Å². The first-order chi connectivity index (χ1) is 7.45. The van der Waals surface area contributed by atoms with E-state index in [1.165, 1.54) is 0 Å². The van der Waals surface area contributed by atoms with Gasteiger partial charge in [-0.15, -0.1) is 0 Å². The van der Waals surface area contributed by atoms with Crippen molar-refractivity contribution in [3.63, 3.8) is 0 Å². The van der Waals surface area contributed by atoms with Gasteiger partial charge in [-0.25, -0.2) is 0 Å². The van der Waals surface area contributed by atoms with Crippen molar-refractivity contribution in [3.8, 4) is 0 Å². The van der Waals surface area contributed by atoms with E-state index in [9.17, 15) is 13.0 Å². The Morgan fingerprint density at radius 2 is 1.71 bits per heavy atom. The Labute approximate surface area is 104 Å². The molecule has 0 aromatic heterocycles. The van der Waals surface area contributed by atoms with Crippen LogP contribution in [0.4, 0.5) is 0 Å². The summed E-state index contributed by atoms with van der Waals surface area (Å²) in [6, 6.07) is 0. The normalized spacial score (nSPS) is 59.2. The summed E-state index contributed by atoms with van der Waals surface area (Å²) < 4.78 is 32.8. The summed E-state index contributed by atoms with van der Waals surface area (Å²) in [4.78, 5) is 0. The predicted octanol–water partition coefficient (Wildman–Crippen LogP) is 2.73. The van der Waals surface area contributed by atoms with Crippen LogP contribution in [0, 0.1) is 27.6 Å². The molecule has 3 saturated carbocycles. The summed E-state index contributed by atoms with van der Waals surface area (Å²) in [5, 5.41) is -0.534. The molecule has 0 saturated heterocycles. The molecule has 3 nitrogen and oxygen atoms in total. The topological polar surface area (TPSA) is 54.4 Å². The van der Waals surface area contributed by atoms with Gasteiger partial charge in [0.15, 0.2) is 0 Å². The first-order valence-electron chi connectivity index (χ1n) is 6.41. The summed E-state index contributed by atoms with van der Waals surface area (Å²) >= 11 is 0. The van der Waals surface area contributed by atoms with Gasteiger partial charge in [0.2, 0.25) is 0 Å². The lowest BCUT2D eigenvalue weighted by atomic mass is 9.58. The van der Waals surface area contributed by atoms with E-state index in [4.69, 9.17) is 0 Å². The predicted molar refractivity (Wildman–Crippen MR) is 66.2 cm³/mol. The number of rotatable bonds is 1. The lowest BCUT2D eigenvalue weighted by molar-refractivity contribution is 0.0242. The highest BCUT2D eigenvalue weighted by atomic mass is 32.2. The van der Waals surface area contributed by atoms with Crippen molar-refractivity contribution >= 4 is 10.1 Å². The third-order valence-corrected chi connectivity index (χ3v) is 8.93. The molecule has 3 aliphatic rings. The van der Waals surface area contributed by atoms with Gasteiger partial charge in [0.25, 0.3) is 10.1 Å². The molecule has 0 amide bonds. The third kappa shape index (κ3) is 0.858. The van der Waals surface area contributed by atoms with Crippen LogP contribution in [0.5, 0.6) is 0 Å². The van der Waals surface area contributed by atoms with Gasteiger partial charge in [0, 0.05) is 0 Å².